The molecule has 4 rings (SSSR count). The molecule has 7 heteroatoms. The molecule has 132 valence electrons. The Labute approximate surface area is 147 Å². The highest BCUT2D eigenvalue weighted by Crippen LogP contribution is 2.18. The van der Waals surface area contributed by atoms with Gasteiger partial charge in [-0.1, -0.05) is 17.7 Å². The number of amides is 1. The molecule has 1 saturated heterocycles. The molecule has 25 heavy (non-hydrogen) atoms. The first-order valence-electron chi connectivity index (χ1n) is 9.15. The van der Waals surface area contributed by atoms with Crippen LogP contribution in [-0.2, 0) is 19.5 Å². The first-order chi connectivity index (χ1) is 12.3. The lowest BCUT2D eigenvalue weighted by molar-refractivity contribution is 0.0727. The Kier molecular flexibility index (Phi) is 4.74. The van der Waals surface area contributed by atoms with E-state index in [2.05, 4.69) is 20.6 Å². The number of carbonyl (C=O) groups is 1. The molecule has 1 fully saturated rings. The summed E-state index contributed by atoms with van der Waals surface area (Å²) in [6.45, 7) is 3.18. The first kappa shape index (κ1) is 16.2. The van der Waals surface area contributed by atoms with Gasteiger partial charge in [0.1, 0.15) is 0 Å². The van der Waals surface area contributed by atoms with E-state index in [9.17, 15) is 4.79 Å². The minimum Gasteiger partial charge on any atom is -0.332 e. The van der Waals surface area contributed by atoms with Crippen molar-refractivity contribution < 1.29 is 4.79 Å². The monoisotopic (exact) mass is 340 g/mol. The van der Waals surface area contributed by atoms with Gasteiger partial charge in [-0.25, -0.2) is 0 Å². The standard InChI is InChI=1S/C18H24N6O/c25-18(23-10-7-16-14(12-23)4-3-9-20-16)17-13-24(22-21-17)11-6-15-5-1-2-8-19-15/h3-4,9,13,15,19H,1-2,5-8,10-12H2/t15-/m0/s1. The van der Waals surface area contributed by atoms with Crippen LogP contribution in [0.4, 0.5) is 0 Å². The summed E-state index contributed by atoms with van der Waals surface area (Å²) in [4.78, 5) is 18.9. The summed E-state index contributed by atoms with van der Waals surface area (Å²) in [5.74, 6) is -0.0449. The largest absolute Gasteiger partial charge is 0.332 e. The Balaban J connectivity index is 1.36. The van der Waals surface area contributed by atoms with Crippen LogP contribution in [0, 0.1) is 0 Å². The van der Waals surface area contributed by atoms with E-state index < -0.39 is 0 Å². The van der Waals surface area contributed by atoms with Crippen molar-refractivity contribution in [3.8, 4) is 0 Å². The lowest BCUT2D eigenvalue weighted by Gasteiger charge is -2.27. The van der Waals surface area contributed by atoms with Crippen LogP contribution in [0.1, 0.15) is 47.4 Å². The number of nitrogens with zero attached hydrogens (tertiary/aromatic N) is 5. The van der Waals surface area contributed by atoms with Gasteiger partial charge in [0.25, 0.3) is 5.91 Å². The fourth-order valence-electron chi connectivity index (χ4n) is 3.67. The fourth-order valence-corrected chi connectivity index (χ4v) is 3.67. The first-order valence-corrected chi connectivity index (χ1v) is 9.15. The third-order valence-corrected chi connectivity index (χ3v) is 5.13. The number of aryl methyl sites for hydroxylation is 1. The van der Waals surface area contributed by atoms with Gasteiger partial charge in [-0.05, 0) is 37.4 Å². The van der Waals surface area contributed by atoms with Crippen molar-refractivity contribution in [1.29, 1.82) is 0 Å². The number of aromatic nitrogens is 4. The lowest BCUT2D eigenvalue weighted by Crippen LogP contribution is -2.36. The van der Waals surface area contributed by atoms with Gasteiger partial charge in [-0.2, -0.15) is 0 Å². The number of nitrogens with one attached hydrogen (secondary N) is 1. The van der Waals surface area contributed by atoms with Crippen molar-refractivity contribution in [3.05, 3.63) is 41.5 Å². The van der Waals surface area contributed by atoms with Crippen LogP contribution in [0.3, 0.4) is 0 Å². The molecule has 1 atom stereocenters. The van der Waals surface area contributed by atoms with Gasteiger partial charge in [-0.15, -0.1) is 5.10 Å². The highest BCUT2D eigenvalue weighted by Gasteiger charge is 2.24. The molecule has 2 aliphatic rings. The smallest absolute Gasteiger partial charge is 0.276 e. The van der Waals surface area contributed by atoms with E-state index in [1.165, 1.54) is 19.3 Å². The van der Waals surface area contributed by atoms with E-state index in [1.54, 1.807) is 10.9 Å². The second kappa shape index (κ2) is 7.31. The zero-order chi connectivity index (χ0) is 17.1. The predicted molar refractivity (Wildman–Crippen MR) is 93.0 cm³/mol. The number of rotatable bonds is 4. The average Bonchev–Trinajstić information content (AvgIpc) is 3.15. The molecule has 7 nitrogen and oxygen atoms in total. The summed E-state index contributed by atoms with van der Waals surface area (Å²) in [5.41, 5.74) is 2.65. The van der Waals surface area contributed by atoms with Crippen LogP contribution in [-0.4, -0.2) is 49.9 Å². The molecule has 0 radical (unpaired) electrons. The maximum absolute atomic E-state index is 12.7. The summed E-state index contributed by atoms with van der Waals surface area (Å²) in [6, 6.07) is 4.52. The fraction of sp³-hybridized carbons (Fsp3) is 0.556. The number of hydrogen-bond donors (Lipinski definition) is 1. The highest BCUT2D eigenvalue weighted by atomic mass is 16.2. The normalized spacial score (nSPS) is 20.3. The SMILES string of the molecule is O=C(c1cn(CC[C@@H]2CCCCN2)nn1)N1CCc2ncccc2C1. The van der Waals surface area contributed by atoms with E-state index in [-0.39, 0.29) is 5.91 Å². The number of pyridine rings is 1. The van der Waals surface area contributed by atoms with Crippen LogP contribution in [0.2, 0.25) is 0 Å². The van der Waals surface area contributed by atoms with Crippen LogP contribution in [0.15, 0.2) is 24.5 Å². The topological polar surface area (TPSA) is 75.9 Å². The molecule has 0 aromatic carbocycles. The molecule has 2 aromatic heterocycles. The van der Waals surface area contributed by atoms with E-state index in [0.29, 0.717) is 24.8 Å². The van der Waals surface area contributed by atoms with Crippen LogP contribution < -0.4 is 5.32 Å². The maximum atomic E-state index is 12.7. The van der Waals surface area contributed by atoms with Gasteiger partial charge in [-0.3, -0.25) is 14.5 Å². The van der Waals surface area contributed by atoms with Crippen molar-refractivity contribution in [2.75, 3.05) is 13.1 Å². The average molecular weight is 340 g/mol. The minimum absolute atomic E-state index is 0.0449. The summed E-state index contributed by atoms with van der Waals surface area (Å²) in [7, 11) is 0. The van der Waals surface area contributed by atoms with Crippen molar-refractivity contribution in [2.45, 2.75) is 51.2 Å². The molecular formula is C18H24N6O. The highest BCUT2D eigenvalue weighted by molar-refractivity contribution is 5.92. The third kappa shape index (κ3) is 3.71. The number of hydrogen-bond acceptors (Lipinski definition) is 5. The Morgan fingerprint density at radius 2 is 2.32 bits per heavy atom. The van der Waals surface area contributed by atoms with Gasteiger partial charge in [0, 0.05) is 44.0 Å². The molecule has 0 aliphatic carbocycles. The molecule has 2 aromatic rings. The molecule has 0 bridgehead atoms. The molecule has 1 amide bonds. The minimum atomic E-state index is -0.0449. The van der Waals surface area contributed by atoms with Crippen molar-refractivity contribution in [2.24, 2.45) is 0 Å². The lowest BCUT2D eigenvalue weighted by atomic mass is 10.0. The van der Waals surface area contributed by atoms with Crippen molar-refractivity contribution >= 4 is 5.91 Å². The van der Waals surface area contributed by atoms with Crippen molar-refractivity contribution in [3.63, 3.8) is 0 Å². The summed E-state index contributed by atoms with van der Waals surface area (Å²) in [6.07, 6.45) is 9.20. The second-order valence-electron chi connectivity index (χ2n) is 6.89. The summed E-state index contributed by atoms with van der Waals surface area (Å²) < 4.78 is 1.79. The Hall–Kier alpha value is -2.28. The summed E-state index contributed by atoms with van der Waals surface area (Å²) >= 11 is 0. The van der Waals surface area contributed by atoms with Gasteiger partial charge in [0.2, 0.25) is 0 Å². The number of carbonyl (C=O) groups excluding carboxylic acids is 1. The molecular weight excluding hydrogens is 316 g/mol. The van der Waals surface area contributed by atoms with Crippen molar-refractivity contribution in [1.82, 2.24) is 30.2 Å². The zero-order valence-corrected chi connectivity index (χ0v) is 14.4. The Morgan fingerprint density at radius 1 is 1.36 bits per heavy atom. The van der Waals surface area contributed by atoms with Crippen LogP contribution in [0.5, 0.6) is 0 Å². The van der Waals surface area contributed by atoms with E-state index in [1.807, 2.05) is 23.2 Å². The summed E-state index contributed by atoms with van der Waals surface area (Å²) in [5, 5.41) is 11.8. The molecule has 2 aliphatic heterocycles. The Morgan fingerprint density at radius 3 is 3.20 bits per heavy atom. The third-order valence-electron chi connectivity index (χ3n) is 5.13. The molecule has 4 heterocycles. The molecule has 0 spiro atoms. The second-order valence-corrected chi connectivity index (χ2v) is 6.89. The van der Waals surface area contributed by atoms with Crippen LogP contribution in [0.25, 0.3) is 0 Å². The molecule has 0 unspecified atom stereocenters. The zero-order valence-electron chi connectivity index (χ0n) is 14.4. The van der Waals surface area contributed by atoms with Gasteiger partial charge >= 0.3 is 0 Å². The number of piperidine rings is 1. The Bertz CT molecular complexity index is 737. The van der Waals surface area contributed by atoms with E-state index >= 15 is 0 Å². The van der Waals surface area contributed by atoms with Crippen LogP contribution >= 0.6 is 0 Å². The molecule has 1 N–H and O–H groups in total. The number of fused-ring (bicyclic) bond motifs is 1. The van der Waals surface area contributed by atoms with E-state index in [0.717, 1.165) is 37.2 Å². The quantitative estimate of drug-likeness (QED) is 0.911. The predicted octanol–water partition coefficient (Wildman–Crippen LogP) is 1.40. The van der Waals surface area contributed by atoms with Gasteiger partial charge in [0.05, 0.1) is 6.20 Å². The van der Waals surface area contributed by atoms with Gasteiger partial charge < -0.3 is 10.2 Å². The van der Waals surface area contributed by atoms with Gasteiger partial charge in [0.15, 0.2) is 5.69 Å². The van der Waals surface area contributed by atoms with E-state index in [4.69, 9.17) is 0 Å². The maximum Gasteiger partial charge on any atom is 0.276 e. The molecule has 0 saturated carbocycles.